The highest BCUT2D eigenvalue weighted by atomic mass is 16.5. The number of rotatable bonds is 8. The molecule has 4 rings (SSSR count). The lowest BCUT2D eigenvalue weighted by atomic mass is 10.1. The van der Waals surface area contributed by atoms with Gasteiger partial charge in [0.1, 0.15) is 29.1 Å². The molecule has 0 aliphatic carbocycles. The number of ether oxygens (including phenoxy) is 4. The second-order valence-electron chi connectivity index (χ2n) is 7.75. The number of benzene rings is 3. The molecule has 0 fully saturated rings. The van der Waals surface area contributed by atoms with Crippen molar-refractivity contribution in [3.05, 3.63) is 82.5 Å². The first-order chi connectivity index (χ1) is 16.0. The molecule has 0 saturated heterocycles. The lowest BCUT2D eigenvalue weighted by molar-refractivity contribution is 0.224. The van der Waals surface area contributed by atoms with E-state index in [1.807, 2.05) is 68.4 Å². The molecule has 4 aromatic rings. The summed E-state index contributed by atoms with van der Waals surface area (Å²) in [6.07, 6.45) is -0.188. The van der Waals surface area contributed by atoms with E-state index in [2.05, 4.69) is 0 Å². The maximum Gasteiger partial charge on any atom is 0.204 e. The number of hydrogen-bond donors (Lipinski definition) is 0. The van der Waals surface area contributed by atoms with Crippen LogP contribution in [0.2, 0.25) is 0 Å². The molecular formula is C27H26O6. The highest BCUT2D eigenvalue weighted by Crippen LogP contribution is 2.44. The summed E-state index contributed by atoms with van der Waals surface area (Å²) in [5, 5.41) is 0.310. The molecule has 0 saturated carbocycles. The van der Waals surface area contributed by atoms with Gasteiger partial charge in [-0.3, -0.25) is 4.79 Å². The molecule has 0 aliphatic heterocycles. The summed E-state index contributed by atoms with van der Waals surface area (Å²) in [5.74, 6) is 2.25. The van der Waals surface area contributed by atoms with Crippen LogP contribution in [-0.4, -0.2) is 20.3 Å². The van der Waals surface area contributed by atoms with Crippen LogP contribution in [0.1, 0.15) is 19.4 Å². The fourth-order valence-electron chi connectivity index (χ4n) is 3.53. The molecule has 1 aromatic heterocycles. The SMILES string of the molecule is COc1ccc(-c2cc(=O)c3c(OC(C)C)c(OC)c(OCc4ccccc4)cc3o2)cc1. The maximum absolute atomic E-state index is 13.2. The summed E-state index contributed by atoms with van der Waals surface area (Å²) in [4.78, 5) is 13.2. The summed E-state index contributed by atoms with van der Waals surface area (Å²) in [7, 11) is 3.13. The third-order valence-electron chi connectivity index (χ3n) is 5.06. The molecular weight excluding hydrogens is 420 g/mol. The van der Waals surface area contributed by atoms with Gasteiger partial charge < -0.3 is 23.4 Å². The predicted octanol–water partition coefficient (Wildman–Crippen LogP) is 5.84. The molecule has 0 bridgehead atoms. The van der Waals surface area contributed by atoms with E-state index in [1.54, 1.807) is 13.2 Å². The first kappa shape index (κ1) is 22.3. The molecule has 0 unspecified atom stereocenters. The van der Waals surface area contributed by atoms with Gasteiger partial charge in [-0.05, 0) is 43.7 Å². The van der Waals surface area contributed by atoms with E-state index in [1.165, 1.54) is 13.2 Å². The Hall–Kier alpha value is -3.93. The molecule has 3 aromatic carbocycles. The molecule has 1 heterocycles. The molecule has 0 amide bonds. The average Bonchev–Trinajstić information content (AvgIpc) is 2.82. The molecule has 0 N–H and O–H groups in total. The summed E-state index contributed by atoms with van der Waals surface area (Å²) in [5.41, 5.74) is 1.88. The largest absolute Gasteiger partial charge is 0.497 e. The lowest BCUT2D eigenvalue weighted by Gasteiger charge is -2.19. The van der Waals surface area contributed by atoms with Crippen LogP contribution in [0.25, 0.3) is 22.3 Å². The molecule has 6 heteroatoms. The Balaban J connectivity index is 1.86. The minimum absolute atomic E-state index is 0.188. The van der Waals surface area contributed by atoms with Gasteiger partial charge in [-0.25, -0.2) is 0 Å². The van der Waals surface area contributed by atoms with Crippen molar-refractivity contribution in [1.82, 2.24) is 0 Å². The normalized spacial score (nSPS) is 10.9. The Morgan fingerprint density at radius 2 is 1.61 bits per heavy atom. The minimum Gasteiger partial charge on any atom is -0.497 e. The van der Waals surface area contributed by atoms with Crippen LogP contribution in [-0.2, 0) is 6.61 Å². The van der Waals surface area contributed by atoms with E-state index in [-0.39, 0.29) is 11.5 Å². The quantitative estimate of drug-likeness (QED) is 0.339. The van der Waals surface area contributed by atoms with Gasteiger partial charge in [-0.1, -0.05) is 30.3 Å². The van der Waals surface area contributed by atoms with Crippen LogP contribution in [0.5, 0.6) is 23.0 Å². The molecule has 6 nitrogen and oxygen atoms in total. The Morgan fingerprint density at radius 1 is 0.879 bits per heavy atom. The zero-order chi connectivity index (χ0) is 23.4. The van der Waals surface area contributed by atoms with Crippen LogP contribution >= 0.6 is 0 Å². The van der Waals surface area contributed by atoms with E-state index in [9.17, 15) is 4.79 Å². The Morgan fingerprint density at radius 3 is 2.24 bits per heavy atom. The molecule has 0 radical (unpaired) electrons. The van der Waals surface area contributed by atoms with E-state index in [0.29, 0.717) is 40.6 Å². The number of fused-ring (bicyclic) bond motifs is 1. The standard InChI is InChI=1S/C27H26O6/c1-17(2)32-27-25-21(28)14-22(19-10-12-20(29-3)13-11-19)33-23(25)15-24(26(27)30-4)31-16-18-8-6-5-7-9-18/h5-15,17H,16H2,1-4H3. The molecule has 170 valence electrons. The fraction of sp³-hybridized carbons (Fsp3) is 0.222. The lowest BCUT2D eigenvalue weighted by Crippen LogP contribution is -2.12. The van der Waals surface area contributed by atoms with Gasteiger partial charge in [0.2, 0.25) is 5.75 Å². The second kappa shape index (κ2) is 9.69. The van der Waals surface area contributed by atoms with Gasteiger partial charge in [0.05, 0.1) is 20.3 Å². The van der Waals surface area contributed by atoms with Crippen LogP contribution in [0.3, 0.4) is 0 Å². The molecule has 0 atom stereocenters. The monoisotopic (exact) mass is 446 g/mol. The first-order valence-electron chi connectivity index (χ1n) is 10.7. The molecule has 0 spiro atoms. The minimum atomic E-state index is -0.231. The van der Waals surface area contributed by atoms with Gasteiger partial charge in [0.25, 0.3) is 0 Å². The van der Waals surface area contributed by atoms with Crippen LogP contribution in [0, 0.1) is 0 Å². The van der Waals surface area contributed by atoms with Gasteiger partial charge >= 0.3 is 0 Å². The van der Waals surface area contributed by atoms with Crippen LogP contribution in [0.15, 0.2) is 75.9 Å². The predicted molar refractivity (Wildman–Crippen MR) is 128 cm³/mol. The summed E-state index contributed by atoms with van der Waals surface area (Å²) < 4.78 is 29.1. The first-order valence-corrected chi connectivity index (χ1v) is 10.7. The molecule has 0 aliphatic rings. The van der Waals surface area contributed by atoms with E-state index < -0.39 is 0 Å². The highest BCUT2D eigenvalue weighted by Gasteiger charge is 2.23. The van der Waals surface area contributed by atoms with Crippen LogP contribution in [0.4, 0.5) is 0 Å². The second-order valence-corrected chi connectivity index (χ2v) is 7.75. The maximum atomic E-state index is 13.2. The van der Waals surface area contributed by atoms with Crippen molar-refractivity contribution in [2.45, 2.75) is 26.6 Å². The van der Waals surface area contributed by atoms with Crippen molar-refractivity contribution in [1.29, 1.82) is 0 Å². The van der Waals surface area contributed by atoms with Crippen LogP contribution < -0.4 is 24.4 Å². The smallest absolute Gasteiger partial charge is 0.204 e. The van der Waals surface area contributed by atoms with Gasteiger partial charge in [-0.15, -0.1) is 0 Å². The van der Waals surface area contributed by atoms with Crippen molar-refractivity contribution in [3.8, 4) is 34.3 Å². The zero-order valence-electron chi connectivity index (χ0n) is 19.1. The van der Waals surface area contributed by atoms with Gasteiger partial charge in [0.15, 0.2) is 16.9 Å². The Labute approximate surface area is 192 Å². The Kier molecular flexibility index (Phi) is 6.54. The average molecular weight is 446 g/mol. The van der Waals surface area contributed by atoms with E-state index in [0.717, 1.165) is 16.9 Å². The van der Waals surface area contributed by atoms with Crippen molar-refractivity contribution in [2.24, 2.45) is 0 Å². The number of methoxy groups -OCH3 is 2. The third kappa shape index (κ3) is 4.80. The molecule has 33 heavy (non-hydrogen) atoms. The van der Waals surface area contributed by atoms with Crippen molar-refractivity contribution < 1.29 is 23.4 Å². The highest BCUT2D eigenvalue weighted by molar-refractivity contribution is 5.90. The summed E-state index contributed by atoms with van der Waals surface area (Å²) in [6.45, 7) is 4.10. The number of hydrogen-bond acceptors (Lipinski definition) is 6. The topological polar surface area (TPSA) is 67.1 Å². The van der Waals surface area contributed by atoms with Crippen molar-refractivity contribution >= 4 is 11.0 Å². The Bertz CT molecular complexity index is 1290. The van der Waals surface area contributed by atoms with Gasteiger partial charge in [0, 0.05) is 17.7 Å². The van der Waals surface area contributed by atoms with Gasteiger partial charge in [-0.2, -0.15) is 0 Å². The third-order valence-corrected chi connectivity index (χ3v) is 5.06. The fourth-order valence-corrected chi connectivity index (χ4v) is 3.53. The summed E-state index contributed by atoms with van der Waals surface area (Å²) in [6, 6.07) is 20.2. The summed E-state index contributed by atoms with van der Waals surface area (Å²) >= 11 is 0. The van der Waals surface area contributed by atoms with E-state index >= 15 is 0 Å². The van der Waals surface area contributed by atoms with Crippen molar-refractivity contribution in [3.63, 3.8) is 0 Å². The zero-order valence-corrected chi connectivity index (χ0v) is 19.1. The van der Waals surface area contributed by atoms with E-state index in [4.69, 9.17) is 23.4 Å². The van der Waals surface area contributed by atoms with Crippen molar-refractivity contribution in [2.75, 3.05) is 14.2 Å².